The van der Waals surface area contributed by atoms with E-state index in [1.807, 2.05) is 45.0 Å². The lowest BCUT2D eigenvalue weighted by Gasteiger charge is -2.24. The Morgan fingerprint density at radius 3 is 2.71 bits per heavy atom. The van der Waals surface area contributed by atoms with Crippen molar-refractivity contribution in [2.75, 3.05) is 24.6 Å². The van der Waals surface area contributed by atoms with E-state index in [0.717, 1.165) is 16.5 Å². The molecule has 1 aliphatic rings. The van der Waals surface area contributed by atoms with Gasteiger partial charge in [-0.25, -0.2) is 9.78 Å². The molecule has 1 amide bonds. The van der Waals surface area contributed by atoms with Gasteiger partial charge in [0.15, 0.2) is 0 Å². The molecule has 0 bridgehead atoms. The number of anilines is 2. The van der Waals surface area contributed by atoms with E-state index in [9.17, 15) is 4.79 Å². The molecule has 7 heteroatoms. The van der Waals surface area contributed by atoms with Gasteiger partial charge in [0, 0.05) is 18.5 Å². The lowest BCUT2D eigenvalue weighted by atomic mass is 10.0. The first-order chi connectivity index (χ1) is 11.2. The Morgan fingerprint density at radius 2 is 2.00 bits per heavy atom. The first-order valence-corrected chi connectivity index (χ1v) is 7.73. The van der Waals surface area contributed by atoms with Crippen molar-refractivity contribution < 1.29 is 9.53 Å². The van der Waals surface area contributed by atoms with Crippen LogP contribution in [0.5, 0.6) is 0 Å². The summed E-state index contributed by atoms with van der Waals surface area (Å²) >= 11 is 0. The maximum atomic E-state index is 12.2. The Hall–Kier alpha value is -2.83. The van der Waals surface area contributed by atoms with Gasteiger partial charge in [-0.1, -0.05) is 12.1 Å². The van der Waals surface area contributed by atoms with Gasteiger partial charge in [0.2, 0.25) is 5.95 Å². The maximum absolute atomic E-state index is 12.2. The van der Waals surface area contributed by atoms with Crippen LogP contribution in [0.3, 0.4) is 0 Å². The van der Waals surface area contributed by atoms with Gasteiger partial charge in [-0.15, -0.1) is 0 Å². The van der Waals surface area contributed by atoms with Crippen molar-refractivity contribution in [3.05, 3.63) is 29.8 Å². The average Bonchev–Trinajstić information content (AvgIpc) is 2.94. The summed E-state index contributed by atoms with van der Waals surface area (Å²) in [7, 11) is 0. The second-order valence-electron chi connectivity index (χ2n) is 6.79. The van der Waals surface area contributed by atoms with E-state index in [1.54, 1.807) is 4.90 Å². The molecule has 4 N–H and O–H groups in total. The van der Waals surface area contributed by atoms with Gasteiger partial charge in [0.05, 0.1) is 5.52 Å². The molecule has 0 aliphatic carbocycles. The molecule has 2 aromatic rings. The number of carbonyl (C=O) groups excluding carboxylic acids is 1. The number of aromatic nitrogens is 2. The van der Waals surface area contributed by atoms with Crippen LogP contribution in [-0.2, 0) is 4.74 Å². The SMILES string of the molecule is CC(C)(C)OC(=O)N1CC=C(c2ccc3c(N)nc(N)nc3c2)C1. The third-order valence-electron chi connectivity index (χ3n) is 3.69. The highest BCUT2D eigenvalue weighted by Crippen LogP contribution is 2.27. The Balaban J connectivity index is 1.81. The summed E-state index contributed by atoms with van der Waals surface area (Å²) in [5.41, 5.74) is 13.7. The molecule has 1 aliphatic heterocycles. The van der Waals surface area contributed by atoms with Crippen molar-refractivity contribution in [3.8, 4) is 0 Å². The van der Waals surface area contributed by atoms with Crippen LogP contribution in [0.1, 0.15) is 26.3 Å². The highest BCUT2D eigenvalue weighted by Gasteiger charge is 2.25. The van der Waals surface area contributed by atoms with Crippen molar-refractivity contribution in [3.63, 3.8) is 0 Å². The number of rotatable bonds is 1. The number of ether oxygens (including phenoxy) is 1. The smallest absolute Gasteiger partial charge is 0.410 e. The molecule has 0 fully saturated rings. The summed E-state index contributed by atoms with van der Waals surface area (Å²) < 4.78 is 5.41. The first-order valence-electron chi connectivity index (χ1n) is 7.73. The molecular weight excluding hydrogens is 306 g/mol. The normalized spacial score (nSPS) is 14.8. The van der Waals surface area contributed by atoms with Gasteiger partial charge < -0.3 is 21.1 Å². The van der Waals surface area contributed by atoms with E-state index in [0.29, 0.717) is 24.4 Å². The minimum Gasteiger partial charge on any atom is -0.444 e. The van der Waals surface area contributed by atoms with Crippen LogP contribution in [-0.4, -0.2) is 39.7 Å². The highest BCUT2D eigenvalue weighted by molar-refractivity contribution is 5.91. The van der Waals surface area contributed by atoms with E-state index in [1.165, 1.54) is 0 Å². The Bertz CT molecular complexity index is 839. The second-order valence-corrected chi connectivity index (χ2v) is 6.79. The Kier molecular flexibility index (Phi) is 3.79. The summed E-state index contributed by atoms with van der Waals surface area (Å²) in [5, 5.41) is 0.760. The molecule has 0 radical (unpaired) electrons. The Morgan fingerprint density at radius 1 is 1.25 bits per heavy atom. The zero-order valence-electron chi connectivity index (χ0n) is 14.0. The monoisotopic (exact) mass is 327 g/mol. The van der Waals surface area contributed by atoms with Crippen molar-refractivity contribution >= 4 is 34.3 Å². The van der Waals surface area contributed by atoms with Gasteiger partial charge in [0.1, 0.15) is 11.4 Å². The number of hydrogen-bond acceptors (Lipinski definition) is 6. The number of nitrogens with two attached hydrogens (primary N) is 2. The number of nitrogen functional groups attached to an aromatic ring is 2. The van der Waals surface area contributed by atoms with Gasteiger partial charge in [-0.2, -0.15) is 4.98 Å². The number of benzene rings is 1. The van der Waals surface area contributed by atoms with Crippen LogP contribution in [0.2, 0.25) is 0 Å². The van der Waals surface area contributed by atoms with E-state index in [4.69, 9.17) is 16.2 Å². The first kappa shape index (κ1) is 16.0. The number of hydrogen-bond donors (Lipinski definition) is 2. The molecule has 7 nitrogen and oxygen atoms in total. The topological polar surface area (TPSA) is 107 Å². The fourth-order valence-corrected chi connectivity index (χ4v) is 2.60. The van der Waals surface area contributed by atoms with Crippen LogP contribution >= 0.6 is 0 Å². The van der Waals surface area contributed by atoms with Crippen LogP contribution in [0.25, 0.3) is 16.5 Å². The summed E-state index contributed by atoms with van der Waals surface area (Å²) in [5.74, 6) is 0.507. The molecule has 0 atom stereocenters. The van der Waals surface area contributed by atoms with E-state index < -0.39 is 5.60 Å². The highest BCUT2D eigenvalue weighted by atomic mass is 16.6. The van der Waals surface area contributed by atoms with Gasteiger partial charge in [-0.3, -0.25) is 0 Å². The average molecular weight is 327 g/mol. The van der Waals surface area contributed by atoms with Crippen molar-refractivity contribution in [2.24, 2.45) is 0 Å². The molecule has 0 saturated carbocycles. The summed E-state index contributed by atoms with van der Waals surface area (Å²) in [6.07, 6.45) is 1.70. The zero-order valence-corrected chi connectivity index (χ0v) is 14.0. The predicted octanol–water partition coefficient (Wildman–Crippen LogP) is 2.43. The standard InChI is InChI=1S/C17H21N5O2/c1-17(2,3)24-16(23)22-7-6-11(9-22)10-4-5-12-13(8-10)20-15(19)21-14(12)18/h4-6,8H,7,9H2,1-3H3,(H4,18,19,20,21). The molecule has 3 rings (SSSR count). The summed E-state index contributed by atoms with van der Waals surface area (Å²) in [4.78, 5) is 22.0. The fraction of sp³-hybridized carbons (Fsp3) is 0.353. The Labute approximate surface area is 140 Å². The van der Waals surface area contributed by atoms with Gasteiger partial charge in [0.25, 0.3) is 0 Å². The van der Waals surface area contributed by atoms with E-state index in [2.05, 4.69) is 9.97 Å². The molecule has 0 unspecified atom stereocenters. The summed E-state index contributed by atoms with van der Waals surface area (Å²) in [6, 6.07) is 5.73. The molecule has 0 spiro atoms. The van der Waals surface area contributed by atoms with Gasteiger partial charge in [-0.05, 0) is 44.0 Å². The third kappa shape index (κ3) is 3.24. The minimum absolute atomic E-state index is 0.146. The second kappa shape index (κ2) is 5.67. The molecule has 1 aromatic heterocycles. The van der Waals surface area contributed by atoms with Crippen molar-refractivity contribution in [1.82, 2.24) is 14.9 Å². The minimum atomic E-state index is -0.505. The van der Waals surface area contributed by atoms with Crippen LogP contribution in [0.4, 0.5) is 16.6 Å². The quantitative estimate of drug-likeness (QED) is 0.833. The maximum Gasteiger partial charge on any atom is 0.410 e. The van der Waals surface area contributed by atoms with Gasteiger partial charge >= 0.3 is 6.09 Å². The molecule has 2 heterocycles. The van der Waals surface area contributed by atoms with E-state index in [-0.39, 0.29) is 12.0 Å². The predicted molar refractivity (Wildman–Crippen MR) is 94.1 cm³/mol. The fourth-order valence-electron chi connectivity index (χ4n) is 2.60. The van der Waals surface area contributed by atoms with Crippen LogP contribution in [0, 0.1) is 0 Å². The largest absolute Gasteiger partial charge is 0.444 e. The zero-order chi connectivity index (χ0) is 17.5. The lowest BCUT2D eigenvalue weighted by Crippen LogP contribution is -2.35. The molecule has 126 valence electrons. The lowest BCUT2D eigenvalue weighted by molar-refractivity contribution is 0.0306. The number of carbonyl (C=O) groups is 1. The molecular formula is C17H21N5O2. The van der Waals surface area contributed by atoms with E-state index >= 15 is 0 Å². The number of nitrogens with zero attached hydrogens (tertiary/aromatic N) is 3. The third-order valence-corrected chi connectivity index (χ3v) is 3.69. The number of fused-ring (bicyclic) bond motifs is 1. The molecule has 1 aromatic carbocycles. The summed E-state index contributed by atoms with van der Waals surface area (Å²) in [6.45, 7) is 6.58. The molecule has 0 saturated heterocycles. The number of amides is 1. The van der Waals surface area contributed by atoms with Crippen molar-refractivity contribution in [1.29, 1.82) is 0 Å². The molecule has 24 heavy (non-hydrogen) atoms. The van der Waals surface area contributed by atoms with Crippen LogP contribution < -0.4 is 11.5 Å². The van der Waals surface area contributed by atoms with Crippen molar-refractivity contribution in [2.45, 2.75) is 26.4 Å². The van der Waals surface area contributed by atoms with Crippen LogP contribution in [0.15, 0.2) is 24.3 Å².